The first-order chi connectivity index (χ1) is 11.3. The summed E-state index contributed by atoms with van der Waals surface area (Å²) in [7, 11) is 0. The second kappa shape index (κ2) is 9.68. The molecule has 0 unspecified atom stereocenters. The Bertz CT molecular complexity index is 690. The van der Waals surface area contributed by atoms with Crippen molar-refractivity contribution in [3.63, 3.8) is 0 Å². The van der Waals surface area contributed by atoms with Crippen molar-refractivity contribution in [3.05, 3.63) is 101 Å². The summed E-state index contributed by atoms with van der Waals surface area (Å²) in [6, 6.07) is 31.5. The average Bonchev–Trinajstić information content (AvgIpc) is 2.59. The summed E-state index contributed by atoms with van der Waals surface area (Å²) in [6.07, 6.45) is 0. The molecular formula is C19H17I3P-3. The molecule has 122 valence electrons. The topological polar surface area (TPSA) is 0 Å². The van der Waals surface area contributed by atoms with E-state index in [0.717, 1.165) is 0 Å². The molecule has 0 amide bonds. The van der Waals surface area contributed by atoms with Gasteiger partial charge in [-0.2, -0.15) is 0 Å². The van der Waals surface area contributed by atoms with Crippen LogP contribution < -0.4 is 62.0 Å². The van der Waals surface area contributed by atoms with Crippen LogP contribution in [0, 0.1) is 17.6 Å². The summed E-state index contributed by atoms with van der Waals surface area (Å²) in [5, 5.41) is 0. The van der Waals surface area contributed by atoms with Crippen LogP contribution in [0.1, 0.15) is 5.56 Å². The summed E-state index contributed by atoms with van der Waals surface area (Å²) in [6.45, 7) is 2.28. The number of halogens is 3. The summed E-state index contributed by atoms with van der Waals surface area (Å²) < 4.78 is 5.15. The van der Waals surface area contributed by atoms with Gasteiger partial charge in [0.1, 0.15) is 0 Å². The third kappa shape index (κ3) is 5.94. The van der Waals surface area contributed by atoms with Gasteiger partial charge in [0.15, 0.2) is 0 Å². The zero-order chi connectivity index (χ0) is 15.9. The van der Waals surface area contributed by atoms with E-state index >= 15 is 0 Å². The van der Waals surface area contributed by atoms with E-state index in [9.17, 15) is 0 Å². The van der Waals surface area contributed by atoms with Gasteiger partial charge in [-0.15, -0.1) is 0 Å². The van der Waals surface area contributed by atoms with Crippen molar-refractivity contribution in [1.82, 2.24) is 0 Å². The van der Waals surface area contributed by atoms with E-state index in [1.165, 1.54) is 5.56 Å². The zero-order valence-corrected chi connectivity index (χ0v) is 20.0. The third-order valence-corrected chi connectivity index (χ3v) is 36.8. The summed E-state index contributed by atoms with van der Waals surface area (Å²) in [5.41, 5.74) is 1.50. The predicted octanol–water partition coefficient (Wildman–Crippen LogP) is -3.60. The predicted molar refractivity (Wildman–Crippen MR) is 87.1 cm³/mol. The number of hydrogen-bond acceptors (Lipinski definition) is 0. The molecule has 23 heavy (non-hydrogen) atoms. The first-order valence-electron chi connectivity index (χ1n) is 7.22. The van der Waals surface area contributed by atoms with Crippen LogP contribution in [0.25, 0.3) is 0 Å². The zero-order valence-electron chi connectivity index (χ0n) is 12.7. The Morgan fingerprint density at radius 2 is 1.04 bits per heavy atom. The fraction of sp³-hybridized carbons (Fsp3) is 0.0526. The van der Waals surface area contributed by atoms with Crippen molar-refractivity contribution < 1.29 is 62.0 Å². The Morgan fingerprint density at radius 3 is 1.57 bits per heavy atom. The molecule has 0 aliphatic carbocycles. The fourth-order valence-corrected chi connectivity index (χ4v) is 42.5. The number of hydrogen-bond donors (Lipinski definition) is 0. The molecule has 0 nitrogen and oxygen atoms in total. The monoisotopic (exact) mass is 657 g/mol. The van der Waals surface area contributed by atoms with Crippen LogP contribution in [0.15, 0.2) is 84.9 Å². The van der Waals surface area contributed by atoms with Gasteiger partial charge in [-0.05, 0) is 0 Å². The quantitative estimate of drug-likeness (QED) is 0.190. The Labute approximate surface area is 169 Å². The van der Waals surface area contributed by atoms with Crippen molar-refractivity contribution in [2.45, 2.75) is 6.92 Å². The van der Waals surface area contributed by atoms with Crippen LogP contribution in [0.3, 0.4) is 0 Å². The summed E-state index contributed by atoms with van der Waals surface area (Å²) in [4.78, 5) is 0. The number of benzene rings is 3. The molecule has 0 aliphatic rings. The van der Waals surface area contributed by atoms with Crippen molar-refractivity contribution in [3.8, 4) is 0 Å². The SMILES string of the molecule is Cc1ccccc1[I-]P([I-]c1ccccc1)[I-]c1ccccc1. The number of rotatable bonds is 6. The van der Waals surface area contributed by atoms with E-state index in [2.05, 4.69) is 91.9 Å². The van der Waals surface area contributed by atoms with E-state index in [4.69, 9.17) is 0 Å². The van der Waals surface area contributed by atoms with Gasteiger partial charge in [0.2, 0.25) is 0 Å². The van der Waals surface area contributed by atoms with Crippen LogP contribution in [-0.2, 0) is 0 Å². The normalized spacial score (nSPS) is 11.4. The molecule has 0 aliphatic heterocycles. The molecular weight excluding hydrogens is 640 g/mol. The van der Waals surface area contributed by atoms with Gasteiger partial charge in [-0.1, -0.05) is 0 Å². The van der Waals surface area contributed by atoms with Gasteiger partial charge >= 0.3 is 171 Å². The molecule has 0 N–H and O–H groups in total. The van der Waals surface area contributed by atoms with E-state index in [0.29, 0.717) is 0 Å². The molecule has 0 bridgehead atoms. The van der Waals surface area contributed by atoms with Crippen molar-refractivity contribution >= 4 is 0.849 Å². The minimum atomic E-state index is 0.150. The molecule has 0 heterocycles. The first-order valence-corrected chi connectivity index (χ1v) is 20.2. The van der Waals surface area contributed by atoms with Crippen LogP contribution in [0.2, 0.25) is 0 Å². The Hall–Kier alpha value is 0.280. The standard InChI is InChI=1S/C19H17I3P/c1-16-10-8-9-15-19(16)22-23(20-17-11-4-2-5-12-17)21-18-13-6-3-7-14-18/h2-15H,1H3/q-3. The second-order valence-corrected chi connectivity index (χ2v) is 39.0. The van der Waals surface area contributed by atoms with Crippen LogP contribution in [0.4, 0.5) is 0 Å². The molecule has 3 aromatic carbocycles. The van der Waals surface area contributed by atoms with E-state index < -0.39 is 0 Å². The Balaban J connectivity index is 1.79. The van der Waals surface area contributed by atoms with Gasteiger partial charge in [-0.3, -0.25) is 0 Å². The summed E-state index contributed by atoms with van der Waals surface area (Å²) in [5.74, 6) is 0. The van der Waals surface area contributed by atoms with E-state index in [1.807, 2.05) is 0 Å². The Morgan fingerprint density at radius 1 is 0.565 bits per heavy atom. The molecule has 0 atom stereocenters. The van der Waals surface area contributed by atoms with Crippen molar-refractivity contribution in [1.29, 1.82) is 0 Å². The molecule has 0 saturated carbocycles. The van der Waals surface area contributed by atoms with Crippen LogP contribution in [0.5, 0.6) is 0 Å². The van der Waals surface area contributed by atoms with E-state index in [-0.39, 0.29) is 62.8 Å². The molecule has 4 heteroatoms. The molecule has 3 aromatic rings. The molecule has 0 fully saturated rings. The first kappa shape index (κ1) is 18.1. The van der Waals surface area contributed by atoms with Gasteiger partial charge < -0.3 is 0 Å². The van der Waals surface area contributed by atoms with Crippen molar-refractivity contribution in [2.24, 2.45) is 0 Å². The maximum atomic E-state index is 2.38. The second-order valence-electron chi connectivity index (χ2n) is 4.79. The molecule has 0 saturated heterocycles. The van der Waals surface area contributed by atoms with Crippen LogP contribution in [-0.4, -0.2) is 0 Å². The molecule has 0 radical (unpaired) electrons. The summed E-state index contributed by atoms with van der Waals surface area (Å²) >= 11 is 0.468. The minimum absolute atomic E-state index is 0.150. The molecule has 0 spiro atoms. The number of aryl methyl sites for hydroxylation is 1. The van der Waals surface area contributed by atoms with Gasteiger partial charge in [-0.25, -0.2) is 0 Å². The maximum absolute atomic E-state index is 2.38. The third-order valence-electron chi connectivity index (χ3n) is 3.02. The average molecular weight is 657 g/mol. The molecule has 3 rings (SSSR count). The fourth-order valence-electron chi connectivity index (χ4n) is 1.85. The Kier molecular flexibility index (Phi) is 7.61. The molecule has 0 aromatic heterocycles. The van der Waals surface area contributed by atoms with Gasteiger partial charge in [0.25, 0.3) is 0 Å². The van der Waals surface area contributed by atoms with Crippen molar-refractivity contribution in [2.75, 3.05) is 0 Å². The van der Waals surface area contributed by atoms with Gasteiger partial charge in [0, 0.05) is 0 Å². The van der Waals surface area contributed by atoms with Gasteiger partial charge in [0.05, 0.1) is 0 Å². The van der Waals surface area contributed by atoms with Crippen LogP contribution >= 0.6 is 0.849 Å². The van der Waals surface area contributed by atoms with E-state index in [1.54, 1.807) is 10.7 Å².